The second-order valence-corrected chi connectivity index (χ2v) is 7.70. The van der Waals surface area contributed by atoms with Gasteiger partial charge >= 0.3 is 0 Å². The van der Waals surface area contributed by atoms with Gasteiger partial charge in [-0.15, -0.1) is 0 Å². The maximum atomic E-state index is 12.0. The number of amides is 2. The van der Waals surface area contributed by atoms with E-state index in [1.807, 2.05) is 43.3 Å². The average molecular weight is 415 g/mol. The Labute approximate surface area is 176 Å². The summed E-state index contributed by atoms with van der Waals surface area (Å²) in [5, 5.41) is 6.14. The van der Waals surface area contributed by atoms with Gasteiger partial charge in [-0.3, -0.25) is 14.9 Å². The van der Waals surface area contributed by atoms with Crippen LogP contribution in [0.2, 0.25) is 5.02 Å². The highest BCUT2D eigenvalue weighted by molar-refractivity contribution is 6.30. The molecule has 0 unspecified atom stereocenters. The van der Waals surface area contributed by atoms with E-state index >= 15 is 0 Å². The standard InChI is InChI=1S/C22H27ClN4O2/c1-6-18(28)25-20-17(14(3)24-21(27-20)26-19(29)7-2)12-13-22(4,5)15-8-10-16(23)11-9-15/h8-13H,6-7H2,1-5H3,(H2,24,25,26,27,28,29)/b13-12+. The van der Waals surface area contributed by atoms with Gasteiger partial charge in [0, 0.05) is 28.8 Å². The third-order valence-electron chi connectivity index (χ3n) is 4.54. The summed E-state index contributed by atoms with van der Waals surface area (Å²) in [6.45, 7) is 9.51. The molecule has 0 fully saturated rings. The molecule has 2 rings (SSSR count). The lowest BCUT2D eigenvalue weighted by atomic mass is 9.84. The molecule has 2 N–H and O–H groups in total. The van der Waals surface area contributed by atoms with Crippen molar-refractivity contribution in [1.82, 2.24) is 9.97 Å². The first-order valence-electron chi connectivity index (χ1n) is 9.60. The Balaban J connectivity index is 2.43. The van der Waals surface area contributed by atoms with Gasteiger partial charge in [0.1, 0.15) is 5.82 Å². The minimum Gasteiger partial charge on any atom is -0.310 e. The molecule has 29 heavy (non-hydrogen) atoms. The zero-order valence-corrected chi connectivity index (χ0v) is 18.2. The van der Waals surface area contributed by atoms with Crippen molar-refractivity contribution in [3.8, 4) is 0 Å². The Morgan fingerprint density at radius 3 is 2.21 bits per heavy atom. The summed E-state index contributed by atoms with van der Waals surface area (Å²) in [7, 11) is 0. The van der Waals surface area contributed by atoms with Crippen molar-refractivity contribution >= 4 is 41.3 Å². The van der Waals surface area contributed by atoms with Gasteiger partial charge in [0.25, 0.3) is 0 Å². The van der Waals surface area contributed by atoms with Gasteiger partial charge in [-0.25, -0.2) is 4.98 Å². The lowest BCUT2D eigenvalue weighted by molar-refractivity contribution is -0.116. The molecular formula is C22H27ClN4O2. The second kappa shape index (κ2) is 9.65. The number of benzene rings is 1. The van der Waals surface area contributed by atoms with E-state index in [4.69, 9.17) is 11.6 Å². The van der Waals surface area contributed by atoms with Crippen LogP contribution in [0.15, 0.2) is 30.3 Å². The van der Waals surface area contributed by atoms with Crippen LogP contribution in [-0.2, 0) is 15.0 Å². The Kier molecular flexibility index (Phi) is 7.51. The number of carbonyl (C=O) groups is 2. The monoisotopic (exact) mass is 414 g/mol. The highest BCUT2D eigenvalue weighted by Crippen LogP contribution is 2.29. The SMILES string of the molecule is CCC(=O)Nc1nc(C)c(/C=C/C(C)(C)c2ccc(Cl)cc2)c(NC(=O)CC)n1. The number of allylic oxidation sites excluding steroid dienone is 1. The lowest BCUT2D eigenvalue weighted by Gasteiger charge is -2.21. The first kappa shape index (κ1) is 22.6. The van der Waals surface area contributed by atoms with E-state index in [1.54, 1.807) is 13.8 Å². The Morgan fingerprint density at radius 1 is 1.03 bits per heavy atom. The molecule has 2 aromatic rings. The molecule has 0 saturated heterocycles. The van der Waals surface area contributed by atoms with E-state index in [2.05, 4.69) is 34.4 Å². The first-order chi connectivity index (χ1) is 13.7. The van der Waals surface area contributed by atoms with Gasteiger partial charge in [0.05, 0.1) is 5.69 Å². The van der Waals surface area contributed by atoms with Crippen LogP contribution in [0.5, 0.6) is 0 Å². The molecule has 7 heteroatoms. The summed E-state index contributed by atoms with van der Waals surface area (Å²) < 4.78 is 0. The van der Waals surface area contributed by atoms with E-state index < -0.39 is 0 Å². The number of hydrogen-bond acceptors (Lipinski definition) is 4. The van der Waals surface area contributed by atoms with Crippen LogP contribution in [0.1, 0.15) is 57.4 Å². The molecule has 154 valence electrons. The predicted octanol–water partition coefficient (Wildman–Crippen LogP) is 5.13. The topological polar surface area (TPSA) is 84.0 Å². The highest BCUT2D eigenvalue weighted by Gasteiger charge is 2.19. The van der Waals surface area contributed by atoms with Crippen molar-refractivity contribution in [3.63, 3.8) is 0 Å². The first-order valence-corrected chi connectivity index (χ1v) is 9.97. The minimum absolute atomic E-state index is 0.164. The molecule has 0 aliphatic carbocycles. The molecule has 0 saturated carbocycles. The summed E-state index contributed by atoms with van der Waals surface area (Å²) in [4.78, 5) is 32.4. The van der Waals surface area contributed by atoms with Crippen LogP contribution in [0.3, 0.4) is 0 Å². The van der Waals surface area contributed by atoms with E-state index in [9.17, 15) is 9.59 Å². The van der Waals surface area contributed by atoms with Gasteiger partial charge in [-0.05, 0) is 24.6 Å². The Morgan fingerprint density at radius 2 is 1.62 bits per heavy atom. The number of aryl methyl sites for hydroxylation is 1. The summed E-state index contributed by atoms with van der Waals surface area (Å²) in [5.41, 5.74) is 2.17. The maximum absolute atomic E-state index is 12.0. The summed E-state index contributed by atoms with van der Waals surface area (Å²) >= 11 is 6.00. The van der Waals surface area contributed by atoms with Crippen molar-refractivity contribution in [1.29, 1.82) is 0 Å². The zero-order chi connectivity index (χ0) is 21.6. The molecule has 0 radical (unpaired) electrons. The van der Waals surface area contributed by atoms with Crippen LogP contribution >= 0.6 is 11.6 Å². The smallest absolute Gasteiger partial charge is 0.231 e. The summed E-state index contributed by atoms with van der Waals surface area (Å²) in [6, 6.07) is 7.69. The Bertz CT molecular complexity index is 921. The molecule has 0 atom stereocenters. The molecule has 6 nitrogen and oxygen atoms in total. The maximum Gasteiger partial charge on any atom is 0.231 e. The third kappa shape index (κ3) is 6.12. The number of nitrogens with zero attached hydrogens (tertiary/aromatic N) is 2. The molecule has 1 heterocycles. The fourth-order valence-electron chi connectivity index (χ4n) is 2.63. The lowest BCUT2D eigenvalue weighted by Crippen LogP contribution is -2.18. The van der Waals surface area contributed by atoms with Crippen molar-refractivity contribution in [2.75, 3.05) is 10.6 Å². The Hall–Kier alpha value is -2.73. The number of halogens is 1. The fraction of sp³-hybridized carbons (Fsp3) is 0.364. The number of rotatable bonds is 7. The van der Waals surface area contributed by atoms with E-state index in [1.165, 1.54) is 0 Å². The van der Waals surface area contributed by atoms with Gasteiger partial charge in [0.15, 0.2) is 0 Å². The summed E-state index contributed by atoms with van der Waals surface area (Å²) in [5.74, 6) is 0.195. The third-order valence-corrected chi connectivity index (χ3v) is 4.79. The molecule has 0 aliphatic rings. The fourth-order valence-corrected chi connectivity index (χ4v) is 2.76. The second-order valence-electron chi connectivity index (χ2n) is 7.26. The van der Waals surface area contributed by atoms with Gasteiger partial charge in [-0.2, -0.15) is 4.98 Å². The largest absolute Gasteiger partial charge is 0.310 e. The number of carbonyl (C=O) groups excluding carboxylic acids is 2. The van der Waals surface area contributed by atoms with Crippen molar-refractivity contribution in [2.45, 2.75) is 52.9 Å². The van der Waals surface area contributed by atoms with E-state index in [0.29, 0.717) is 34.9 Å². The van der Waals surface area contributed by atoms with E-state index in [0.717, 1.165) is 5.56 Å². The van der Waals surface area contributed by atoms with Crippen molar-refractivity contribution < 1.29 is 9.59 Å². The molecule has 0 aliphatic heterocycles. The van der Waals surface area contributed by atoms with E-state index in [-0.39, 0.29) is 23.2 Å². The van der Waals surface area contributed by atoms with Gasteiger partial charge in [0.2, 0.25) is 17.8 Å². The number of nitrogens with one attached hydrogen (secondary N) is 2. The van der Waals surface area contributed by atoms with Crippen LogP contribution in [0.4, 0.5) is 11.8 Å². The van der Waals surface area contributed by atoms with Crippen LogP contribution in [0.25, 0.3) is 6.08 Å². The quantitative estimate of drug-likeness (QED) is 0.658. The van der Waals surface area contributed by atoms with Crippen LogP contribution in [0, 0.1) is 6.92 Å². The predicted molar refractivity (Wildman–Crippen MR) is 118 cm³/mol. The average Bonchev–Trinajstić information content (AvgIpc) is 2.67. The van der Waals surface area contributed by atoms with Crippen LogP contribution in [-0.4, -0.2) is 21.8 Å². The highest BCUT2D eigenvalue weighted by atomic mass is 35.5. The molecule has 0 bridgehead atoms. The number of hydrogen-bond donors (Lipinski definition) is 2. The van der Waals surface area contributed by atoms with Gasteiger partial charge in [-0.1, -0.05) is 63.6 Å². The van der Waals surface area contributed by atoms with Crippen molar-refractivity contribution in [2.24, 2.45) is 0 Å². The van der Waals surface area contributed by atoms with Gasteiger partial charge < -0.3 is 5.32 Å². The normalized spacial score (nSPS) is 11.5. The molecule has 1 aromatic carbocycles. The molecule has 0 spiro atoms. The zero-order valence-electron chi connectivity index (χ0n) is 17.5. The van der Waals surface area contributed by atoms with Crippen molar-refractivity contribution in [3.05, 3.63) is 52.2 Å². The minimum atomic E-state index is -0.280. The summed E-state index contributed by atoms with van der Waals surface area (Å²) in [6.07, 6.45) is 4.57. The number of anilines is 2. The molecule has 2 amide bonds. The number of aromatic nitrogens is 2. The molecule has 1 aromatic heterocycles. The van der Waals surface area contributed by atoms with Crippen LogP contribution < -0.4 is 10.6 Å². The molecular weight excluding hydrogens is 388 g/mol.